The van der Waals surface area contributed by atoms with Crippen molar-refractivity contribution in [2.45, 2.75) is 12.8 Å². The number of rotatable bonds is 6. The van der Waals surface area contributed by atoms with E-state index in [9.17, 15) is 18.0 Å². The van der Waals surface area contributed by atoms with Crippen LogP contribution >= 0.6 is 27.5 Å². The van der Waals surface area contributed by atoms with E-state index in [1.54, 1.807) is 42.5 Å². The van der Waals surface area contributed by atoms with Crippen molar-refractivity contribution in [1.29, 1.82) is 0 Å². The van der Waals surface area contributed by atoms with E-state index in [0.29, 0.717) is 28.5 Å². The van der Waals surface area contributed by atoms with Crippen molar-refractivity contribution < 1.29 is 17.9 Å². The highest BCUT2D eigenvalue weighted by Gasteiger charge is 2.31. The first-order valence-corrected chi connectivity index (χ1v) is 12.8. The molecule has 0 amide bonds. The number of aromatic nitrogens is 2. The Kier molecular flexibility index (Phi) is 7.54. The molecular formula is C29H18BrClF3N3O2. The molecule has 0 bridgehead atoms. The third-order valence-electron chi connectivity index (χ3n) is 5.79. The van der Waals surface area contributed by atoms with Crippen LogP contribution in [0.3, 0.4) is 0 Å². The number of alkyl halides is 3. The van der Waals surface area contributed by atoms with Gasteiger partial charge in [-0.15, -0.1) is 0 Å². The minimum Gasteiger partial charge on any atom is -0.487 e. The number of para-hydroxylation sites is 1. The lowest BCUT2D eigenvalue weighted by Crippen LogP contribution is -2.20. The molecule has 10 heteroatoms. The van der Waals surface area contributed by atoms with Crippen LogP contribution in [0.5, 0.6) is 5.75 Å². The highest BCUT2D eigenvalue weighted by molar-refractivity contribution is 9.10. The minimum atomic E-state index is -4.56. The van der Waals surface area contributed by atoms with Gasteiger partial charge in [0.15, 0.2) is 5.82 Å². The predicted octanol–water partition coefficient (Wildman–Crippen LogP) is 7.96. The van der Waals surface area contributed by atoms with Gasteiger partial charge in [0.1, 0.15) is 12.4 Å². The van der Waals surface area contributed by atoms with Crippen molar-refractivity contribution in [3.63, 3.8) is 0 Å². The lowest BCUT2D eigenvalue weighted by molar-refractivity contribution is -0.137. The van der Waals surface area contributed by atoms with Crippen molar-refractivity contribution in [1.82, 2.24) is 9.66 Å². The Morgan fingerprint density at radius 1 is 0.974 bits per heavy atom. The molecule has 5 nitrogen and oxygen atoms in total. The average Bonchev–Trinajstić information content (AvgIpc) is 2.92. The van der Waals surface area contributed by atoms with E-state index in [-0.39, 0.29) is 16.8 Å². The molecule has 0 atom stereocenters. The summed E-state index contributed by atoms with van der Waals surface area (Å²) in [5.41, 5.74) is 0.570. The zero-order valence-corrected chi connectivity index (χ0v) is 22.3. The molecule has 1 aromatic heterocycles. The number of ether oxygens (including phenoxy) is 1. The number of fused-ring (bicyclic) bond motifs is 1. The fourth-order valence-electron chi connectivity index (χ4n) is 3.83. The number of hydrogen-bond acceptors (Lipinski definition) is 4. The second kappa shape index (κ2) is 11.0. The Labute approximate surface area is 234 Å². The molecule has 0 spiro atoms. The van der Waals surface area contributed by atoms with E-state index in [1.165, 1.54) is 18.3 Å². The summed E-state index contributed by atoms with van der Waals surface area (Å²) in [5, 5.41) is 4.91. The van der Waals surface area contributed by atoms with Crippen LogP contribution in [0.1, 0.15) is 16.7 Å². The van der Waals surface area contributed by atoms with Crippen LogP contribution in [0.2, 0.25) is 5.02 Å². The van der Waals surface area contributed by atoms with Crippen molar-refractivity contribution in [3.05, 3.63) is 128 Å². The van der Waals surface area contributed by atoms with E-state index in [2.05, 4.69) is 26.0 Å². The van der Waals surface area contributed by atoms with Gasteiger partial charge in [0.25, 0.3) is 5.56 Å². The Morgan fingerprint density at radius 2 is 1.74 bits per heavy atom. The van der Waals surface area contributed by atoms with Gasteiger partial charge < -0.3 is 4.74 Å². The number of hydrogen-bond donors (Lipinski definition) is 0. The van der Waals surface area contributed by atoms with E-state index in [0.717, 1.165) is 26.8 Å². The van der Waals surface area contributed by atoms with Gasteiger partial charge in [0, 0.05) is 10.0 Å². The second-order valence-electron chi connectivity index (χ2n) is 8.50. The minimum absolute atomic E-state index is 0.0263. The zero-order chi connectivity index (χ0) is 27.6. The lowest BCUT2D eigenvalue weighted by atomic mass is 10.1. The zero-order valence-electron chi connectivity index (χ0n) is 20.0. The molecule has 39 heavy (non-hydrogen) atoms. The first-order chi connectivity index (χ1) is 18.7. The van der Waals surface area contributed by atoms with E-state index >= 15 is 0 Å². The summed E-state index contributed by atoms with van der Waals surface area (Å²) in [4.78, 5) is 17.8. The smallest absolute Gasteiger partial charge is 0.416 e. The van der Waals surface area contributed by atoms with E-state index in [4.69, 9.17) is 16.3 Å². The fraction of sp³-hybridized carbons (Fsp3) is 0.0690. The summed E-state index contributed by atoms with van der Waals surface area (Å²) in [6.45, 7) is 0.318. The molecule has 0 radical (unpaired) electrons. The molecule has 0 saturated carbocycles. The average molecular weight is 613 g/mol. The molecule has 0 aliphatic rings. The van der Waals surface area contributed by atoms with Crippen molar-refractivity contribution in [2.24, 2.45) is 5.10 Å². The van der Waals surface area contributed by atoms with Crippen molar-refractivity contribution >= 4 is 44.6 Å². The molecule has 5 aromatic rings. The number of benzene rings is 4. The molecule has 1 heterocycles. The van der Waals surface area contributed by atoms with Crippen LogP contribution < -0.4 is 10.3 Å². The number of halogens is 5. The third-order valence-corrected chi connectivity index (χ3v) is 6.61. The summed E-state index contributed by atoms with van der Waals surface area (Å²) in [7, 11) is 0. The van der Waals surface area contributed by atoms with Gasteiger partial charge >= 0.3 is 6.18 Å². The number of nitrogens with zero attached hydrogens (tertiary/aromatic N) is 3. The van der Waals surface area contributed by atoms with Crippen LogP contribution in [0.25, 0.3) is 22.3 Å². The monoisotopic (exact) mass is 611 g/mol. The summed E-state index contributed by atoms with van der Waals surface area (Å²) in [6.07, 6.45) is -3.17. The summed E-state index contributed by atoms with van der Waals surface area (Å²) < 4.78 is 47.9. The Morgan fingerprint density at radius 3 is 2.49 bits per heavy atom. The predicted molar refractivity (Wildman–Crippen MR) is 149 cm³/mol. The molecule has 0 fully saturated rings. The lowest BCUT2D eigenvalue weighted by Gasteiger charge is -2.12. The van der Waals surface area contributed by atoms with Gasteiger partial charge in [0.2, 0.25) is 0 Å². The van der Waals surface area contributed by atoms with Crippen molar-refractivity contribution in [2.75, 3.05) is 0 Å². The van der Waals surface area contributed by atoms with Gasteiger partial charge in [-0.05, 0) is 65.7 Å². The van der Waals surface area contributed by atoms with Crippen LogP contribution in [0.4, 0.5) is 13.2 Å². The quantitative estimate of drug-likeness (QED) is 0.183. The molecule has 0 saturated heterocycles. The van der Waals surface area contributed by atoms with Crippen LogP contribution in [0.15, 0.2) is 105 Å². The topological polar surface area (TPSA) is 56.5 Å². The fourth-order valence-corrected chi connectivity index (χ4v) is 4.34. The molecule has 0 N–H and O–H groups in total. The first-order valence-electron chi connectivity index (χ1n) is 11.6. The molecule has 4 aromatic carbocycles. The largest absolute Gasteiger partial charge is 0.487 e. The van der Waals surface area contributed by atoms with Crippen LogP contribution in [-0.4, -0.2) is 15.9 Å². The molecule has 0 aliphatic carbocycles. The van der Waals surface area contributed by atoms with E-state index < -0.39 is 17.3 Å². The Balaban J connectivity index is 1.49. The second-order valence-corrected chi connectivity index (χ2v) is 9.82. The standard InChI is InChI=1S/C29H18BrClF3N3O2/c30-22-11-8-18(9-12-22)17-39-26-13-10-19(14-24(26)31)16-35-37-27(20-4-3-5-21(15-20)29(32,33)34)36-25-7-2-1-6-23(25)28(37)38/h1-16H,17H2. The summed E-state index contributed by atoms with van der Waals surface area (Å²) >= 11 is 9.81. The highest BCUT2D eigenvalue weighted by Crippen LogP contribution is 2.32. The maximum atomic E-state index is 13.4. The first kappa shape index (κ1) is 26.6. The van der Waals surface area contributed by atoms with Crippen LogP contribution in [0, 0.1) is 0 Å². The summed E-state index contributed by atoms with van der Waals surface area (Å²) in [5.74, 6) is 0.438. The molecule has 196 valence electrons. The Bertz CT molecular complexity index is 1750. The maximum Gasteiger partial charge on any atom is 0.416 e. The van der Waals surface area contributed by atoms with Gasteiger partial charge in [-0.3, -0.25) is 4.79 Å². The van der Waals surface area contributed by atoms with E-state index in [1.807, 2.05) is 24.3 Å². The normalized spacial score (nSPS) is 11.8. The highest BCUT2D eigenvalue weighted by atomic mass is 79.9. The maximum absolute atomic E-state index is 13.4. The third kappa shape index (κ3) is 6.05. The van der Waals surface area contributed by atoms with Gasteiger partial charge in [-0.2, -0.15) is 22.9 Å². The summed E-state index contributed by atoms with van der Waals surface area (Å²) in [6, 6.07) is 23.9. The molecule has 0 aliphatic heterocycles. The van der Waals surface area contributed by atoms with Gasteiger partial charge in [0.05, 0.1) is 27.7 Å². The van der Waals surface area contributed by atoms with Gasteiger partial charge in [-0.1, -0.05) is 63.9 Å². The van der Waals surface area contributed by atoms with Crippen LogP contribution in [-0.2, 0) is 12.8 Å². The molecule has 0 unspecified atom stereocenters. The Hall–Kier alpha value is -3.95. The van der Waals surface area contributed by atoms with Gasteiger partial charge in [-0.25, -0.2) is 4.98 Å². The van der Waals surface area contributed by atoms with Crippen molar-refractivity contribution in [3.8, 4) is 17.1 Å². The molecular weight excluding hydrogens is 595 g/mol. The molecule has 5 rings (SSSR count). The SMILES string of the molecule is O=c1c2ccccc2nc(-c2cccc(C(F)(F)F)c2)n1N=Cc1ccc(OCc2ccc(Br)cc2)c(Cl)c1.